The second-order valence-electron chi connectivity index (χ2n) is 5.01. The van der Waals surface area contributed by atoms with Crippen LogP contribution in [-0.2, 0) is 0 Å². The Hall–Kier alpha value is -3.11. The lowest BCUT2D eigenvalue weighted by Gasteiger charge is -2.18. The van der Waals surface area contributed by atoms with Crippen LogP contribution in [0.2, 0.25) is 0 Å². The smallest absolute Gasteiger partial charge is 0.292 e. The molecule has 2 aromatic heterocycles. The number of hydrogen-bond donors (Lipinski definition) is 0. The molecule has 1 aromatic carbocycles. The van der Waals surface area contributed by atoms with Crippen molar-refractivity contribution in [3.63, 3.8) is 0 Å². The molecule has 0 radical (unpaired) electrons. The topological polar surface area (TPSA) is 80.8 Å². The zero-order valence-corrected chi connectivity index (χ0v) is 14.4. The van der Waals surface area contributed by atoms with Gasteiger partial charge in [-0.05, 0) is 42.7 Å². The van der Waals surface area contributed by atoms with E-state index >= 15 is 0 Å². The fourth-order valence-electron chi connectivity index (χ4n) is 2.45. The third-order valence-electron chi connectivity index (χ3n) is 3.61. The van der Waals surface area contributed by atoms with E-state index in [0.29, 0.717) is 22.2 Å². The maximum absolute atomic E-state index is 12.3. The number of benzene rings is 1. The molecular weight excluding hydrogens is 336 g/mol. The van der Waals surface area contributed by atoms with Crippen LogP contribution in [0.25, 0.3) is 17.1 Å². The predicted molar refractivity (Wildman–Crippen MR) is 96.1 cm³/mol. The van der Waals surface area contributed by atoms with Crippen molar-refractivity contribution >= 4 is 11.8 Å². The van der Waals surface area contributed by atoms with Crippen molar-refractivity contribution in [3.8, 4) is 28.9 Å². The van der Waals surface area contributed by atoms with Crippen LogP contribution in [0.15, 0.2) is 58.6 Å². The number of rotatable bonds is 4. The van der Waals surface area contributed by atoms with Crippen molar-refractivity contribution in [2.75, 3.05) is 13.4 Å². The Morgan fingerprint density at radius 1 is 1.24 bits per heavy atom. The highest BCUT2D eigenvalue weighted by Gasteiger charge is 2.19. The summed E-state index contributed by atoms with van der Waals surface area (Å²) in [4.78, 5) is 20.6. The summed E-state index contributed by atoms with van der Waals surface area (Å²) in [5.41, 5.74) is 0.939. The van der Waals surface area contributed by atoms with Crippen molar-refractivity contribution < 1.29 is 4.74 Å². The quantitative estimate of drug-likeness (QED) is 0.532. The lowest BCUT2D eigenvalue weighted by atomic mass is 10.2. The van der Waals surface area contributed by atoms with Crippen LogP contribution < -0.4 is 10.3 Å². The first-order chi connectivity index (χ1) is 12.2. The van der Waals surface area contributed by atoms with Crippen molar-refractivity contribution in [2.24, 2.45) is 0 Å². The molecule has 0 saturated carbocycles. The number of hydrogen-bond acceptors (Lipinski definition) is 6. The highest BCUT2D eigenvalue weighted by Crippen LogP contribution is 2.28. The van der Waals surface area contributed by atoms with Crippen molar-refractivity contribution in [2.45, 2.75) is 5.03 Å². The molecule has 0 saturated heterocycles. The summed E-state index contributed by atoms with van der Waals surface area (Å²) in [6, 6.07) is 12.9. The minimum atomic E-state index is -0.546. The summed E-state index contributed by atoms with van der Waals surface area (Å²) in [7, 11) is 1.60. The van der Waals surface area contributed by atoms with Gasteiger partial charge in [0.15, 0.2) is 5.82 Å². The van der Waals surface area contributed by atoms with Crippen LogP contribution in [0.4, 0.5) is 0 Å². The van der Waals surface area contributed by atoms with Gasteiger partial charge in [0.2, 0.25) is 0 Å². The van der Waals surface area contributed by atoms with Crippen molar-refractivity contribution in [1.82, 2.24) is 14.5 Å². The molecule has 0 bridgehead atoms. The van der Waals surface area contributed by atoms with E-state index < -0.39 is 5.56 Å². The SMILES string of the molecule is COc1ccc(-n2c(-c3cccnc3)nc(=O)c(C#N)c2SC)cc1. The molecular formula is C18H14N4O2S. The van der Waals surface area contributed by atoms with Crippen LogP contribution in [0.3, 0.4) is 0 Å². The Morgan fingerprint density at radius 2 is 2.00 bits per heavy atom. The summed E-state index contributed by atoms with van der Waals surface area (Å²) in [5, 5.41) is 9.93. The van der Waals surface area contributed by atoms with Crippen LogP contribution >= 0.6 is 11.8 Å². The van der Waals surface area contributed by atoms with Gasteiger partial charge in [-0.2, -0.15) is 10.2 Å². The van der Waals surface area contributed by atoms with Gasteiger partial charge in [0.25, 0.3) is 5.56 Å². The van der Waals surface area contributed by atoms with E-state index in [1.807, 2.05) is 42.7 Å². The fourth-order valence-corrected chi connectivity index (χ4v) is 3.16. The van der Waals surface area contributed by atoms with Gasteiger partial charge in [-0.1, -0.05) is 0 Å². The van der Waals surface area contributed by atoms with Gasteiger partial charge in [-0.15, -0.1) is 11.8 Å². The van der Waals surface area contributed by atoms with Crippen LogP contribution in [-0.4, -0.2) is 27.9 Å². The molecule has 0 spiro atoms. The molecule has 0 atom stereocenters. The third kappa shape index (κ3) is 3.12. The van der Waals surface area contributed by atoms with Gasteiger partial charge in [-0.25, -0.2) is 0 Å². The number of nitrogens with zero attached hydrogens (tertiary/aromatic N) is 4. The maximum atomic E-state index is 12.3. The van der Waals surface area contributed by atoms with Crippen LogP contribution in [0.5, 0.6) is 5.75 Å². The average Bonchev–Trinajstić information content (AvgIpc) is 2.67. The Balaban J connectivity index is 2.37. The van der Waals surface area contributed by atoms with E-state index in [1.54, 1.807) is 30.1 Å². The van der Waals surface area contributed by atoms with E-state index in [2.05, 4.69) is 9.97 Å². The first-order valence-corrected chi connectivity index (χ1v) is 8.58. The van der Waals surface area contributed by atoms with Gasteiger partial charge in [0.05, 0.1) is 7.11 Å². The fraction of sp³-hybridized carbons (Fsp3) is 0.111. The largest absolute Gasteiger partial charge is 0.497 e. The maximum Gasteiger partial charge on any atom is 0.292 e. The number of pyridine rings is 1. The van der Waals surface area contributed by atoms with Crippen molar-refractivity contribution in [3.05, 3.63) is 64.7 Å². The number of ether oxygens (including phenoxy) is 1. The minimum absolute atomic E-state index is 0.0240. The van der Waals surface area contributed by atoms with Crippen LogP contribution in [0.1, 0.15) is 5.56 Å². The second kappa shape index (κ2) is 7.20. The van der Waals surface area contributed by atoms with E-state index in [4.69, 9.17) is 4.74 Å². The van der Waals surface area contributed by atoms with Gasteiger partial charge >= 0.3 is 0 Å². The van der Waals surface area contributed by atoms with E-state index in [0.717, 1.165) is 5.69 Å². The normalized spacial score (nSPS) is 10.3. The first kappa shape index (κ1) is 16.7. The molecule has 2 heterocycles. The van der Waals surface area contributed by atoms with E-state index in [1.165, 1.54) is 11.8 Å². The van der Waals surface area contributed by atoms with Crippen molar-refractivity contribution in [1.29, 1.82) is 5.26 Å². The Kier molecular flexibility index (Phi) is 4.82. The molecule has 0 fully saturated rings. The van der Waals surface area contributed by atoms with Crippen LogP contribution in [0, 0.1) is 11.3 Å². The van der Waals surface area contributed by atoms with Gasteiger partial charge in [0, 0.05) is 23.6 Å². The molecule has 6 nitrogen and oxygen atoms in total. The minimum Gasteiger partial charge on any atom is -0.497 e. The highest BCUT2D eigenvalue weighted by molar-refractivity contribution is 7.98. The second-order valence-corrected chi connectivity index (χ2v) is 5.81. The molecule has 0 aliphatic carbocycles. The average molecular weight is 350 g/mol. The lowest BCUT2D eigenvalue weighted by Crippen LogP contribution is -2.20. The molecule has 25 heavy (non-hydrogen) atoms. The molecule has 0 aliphatic heterocycles. The predicted octanol–water partition coefficient (Wildman–Crippen LogP) is 2.90. The highest BCUT2D eigenvalue weighted by atomic mass is 32.2. The Bertz CT molecular complexity index is 993. The molecule has 3 rings (SSSR count). The van der Waals surface area contributed by atoms with E-state index in [-0.39, 0.29) is 5.56 Å². The Morgan fingerprint density at radius 3 is 2.56 bits per heavy atom. The zero-order valence-electron chi connectivity index (χ0n) is 13.6. The van der Waals surface area contributed by atoms with Gasteiger partial charge in [0.1, 0.15) is 22.4 Å². The summed E-state index contributed by atoms with van der Waals surface area (Å²) < 4.78 is 6.99. The number of nitriles is 1. The number of methoxy groups -OCH3 is 1. The van der Waals surface area contributed by atoms with Gasteiger partial charge < -0.3 is 4.74 Å². The number of aromatic nitrogens is 3. The summed E-state index contributed by atoms with van der Waals surface area (Å²) >= 11 is 1.32. The molecule has 0 aliphatic rings. The summed E-state index contributed by atoms with van der Waals surface area (Å²) in [6.45, 7) is 0. The van der Waals surface area contributed by atoms with E-state index in [9.17, 15) is 10.1 Å². The summed E-state index contributed by atoms with van der Waals surface area (Å²) in [6.07, 6.45) is 5.11. The monoisotopic (exact) mass is 350 g/mol. The summed E-state index contributed by atoms with van der Waals surface area (Å²) in [5.74, 6) is 1.15. The third-order valence-corrected chi connectivity index (χ3v) is 4.38. The van der Waals surface area contributed by atoms with Gasteiger partial charge in [-0.3, -0.25) is 14.3 Å². The molecule has 0 N–H and O–H groups in total. The molecule has 0 unspecified atom stereocenters. The number of thioether (sulfide) groups is 1. The molecule has 3 aromatic rings. The molecule has 0 amide bonds. The zero-order chi connectivity index (χ0) is 17.8. The molecule has 124 valence electrons. The standard InChI is InChI=1S/C18H14N4O2S/c1-24-14-7-5-13(6-8-14)22-16(12-4-3-9-20-11-12)21-17(23)15(10-19)18(22)25-2/h3-9,11H,1-2H3. The lowest BCUT2D eigenvalue weighted by molar-refractivity contribution is 0.414. The molecule has 7 heteroatoms. The Labute approximate surface area is 148 Å². The first-order valence-electron chi connectivity index (χ1n) is 7.35.